The standard InChI is InChI=1S/C19H12N2O4/c22-17-7-6-14(21(23)24)9-12(17)11-20-13-5-8-19-16(10-13)15-3-1-2-4-18(15)25-19/h1-11,22H/p-1. The number of aliphatic imine (C=N–C) groups is 1. The molecule has 3 aromatic carbocycles. The highest BCUT2D eigenvalue weighted by molar-refractivity contribution is 6.06. The van der Waals surface area contributed by atoms with Crippen LogP contribution in [-0.4, -0.2) is 11.1 Å². The first-order chi connectivity index (χ1) is 12.1. The number of nitro groups is 1. The van der Waals surface area contributed by atoms with Crippen molar-refractivity contribution in [1.82, 2.24) is 0 Å². The lowest BCUT2D eigenvalue weighted by Crippen LogP contribution is -1.98. The predicted molar refractivity (Wildman–Crippen MR) is 93.5 cm³/mol. The zero-order valence-corrected chi connectivity index (χ0v) is 12.9. The van der Waals surface area contributed by atoms with Gasteiger partial charge in [-0.15, -0.1) is 0 Å². The van der Waals surface area contributed by atoms with E-state index < -0.39 is 4.92 Å². The average molecular weight is 331 g/mol. The normalized spacial score (nSPS) is 11.5. The third-order valence-corrected chi connectivity index (χ3v) is 3.92. The number of non-ortho nitro benzene ring substituents is 1. The Bertz CT molecular complexity index is 1140. The fourth-order valence-corrected chi connectivity index (χ4v) is 2.69. The topological polar surface area (TPSA) is 91.7 Å². The van der Waals surface area contributed by atoms with Gasteiger partial charge in [0.15, 0.2) is 0 Å². The van der Waals surface area contributed by atoms with Gasteiger partial charge < -0.3 is 9.52 Å². The van der Waals surface area contributed by atoms with Crippen molar-refractivity contribution in [2.24, 2.45) is 4.99 Å². The van der Waals surface area contributed by atoms with Gasteiger partial charge in [0.2, 0.25) is 0 Å². The van der Waals surface area contributed by atoms with E-state index in [1.165, 1.54) is 24.4 Å². The van der Waals surface area contributed by atoms with Crippen LogP contribution in [0.4, 0.5) is 11.4 Å². The zero-order chi connectivity index (χ0) is 17.4. The molecular weight excluding hydrogens is 320 g/mol. The summed E-state index contributed by atoms with van der Waals surface area (Å²) >= 11 is 0. The quantitative estimate of drug-likeness (QED) is 0.317. The summed E-state index contributed by atoms with van der Waals surface area (Å²) in [4.78, 5) is 14.6. The maximum atomic E-state index is 11.8. The molecule has 0 amide bonds. The summed E-state index contributed by atoms with van der Waals surface area (Å²) in [6, 6.07) is 16.7. The van der Waals surface area contributed by atoms with Crippen LogP contribution in [0.2, 0.25) is 0 Å². The van der Waals surface area contributed by atoms with Gasteiger partial charge in [0.05, 0.1) is 10.6 Å². The molecule has 0 unspecified atom stereocenters. The van der Waals surface area contributed by atoms with Crippen LogP contribution in [0.15, 0.2) is 70.1 Å². The lowest BCUT2D eigenvalue weighted by molar-refractivity contribution is -0.385. The Labute approximate surface area is 141 Å². The number of hydrogen-bond donors (Lipinski definition) is 0. The summed E-state index contributed by atoms with van der Waals surface area (Å²) in [6.07, 6.45) is 1.35. The van der Waals surface area contributed by atoms with E-state index in [1.807, 2.05) is 36.4 Å². The van der Waals surface area contributed by atoms with Crippen LogP contribution in [0, 0.1) is 10.1 Å². The number of nitrogens with zero attached hydrogens (tertiary/aromatic N) is 2. The van der Waals surface area contributed by atoms with Gasteiger partial charge >= 0.3 is 0 Å². The molecular formula is C19H11N2O4-. The monoisotopic (exact) mass is 331 g/mol. The Kier molecular flexibility index (Phi) is 3.43. The molecule has 4 rings (SSSR count). The summed E-state index contributed by atoms with van der Waals surface area (Å²) in [5.74, 6) is -0.316. The molecule has 0 aliphatic carbocycles. The van der Waals surface area contributed by atoms with Crippen molar-refractivity contribution < 1.29 is 14.4 Å². The largest absolute Gasteiger partial charge is 0.872 e. The Morgan fingerprint density at radius 2 is 1.76 bits per heavy atom. The number of hydrogen-bond acceptors (Lipinski definition) is 5. The summed E-state index contributed by atoms with van der Waals surface area (Å²) in [6.45, 7) is 0. The highest BCUT2D eigenvalue weighted by Gasteiger charge is 2.07. The minimum atomic E-state index is -0.541. The number of nitro benzene ring substituents is 1. The molecule has 0 N–H and O–H groups in total. The van der Waals surface area contributed by atoms with Crippen molar-refractivity contribution in [3.05, 3.63) is 76.3 Å². The molecule has 6 heteroatoms. The van der Waals surface area contributed by atoms with E-state index in [9.17, 15) is 15.2 Å². The molecule has 6 nitrogen and oxygen atoms in total. The first kappa shape index (κ1) is 14.9. The second-order valence-corrected chi connectivity index (χ2v) is 5.52. The van der Waals surface area contributed by atoms with Gasteiger partial charge in [0.25, 0.3) is 5.69 Å². The molecule has 1 heterocycles. The minimum absolute atomic E-state index is 0.141. The molecule has 25 heavy (non-hydrogen) atoms. The van der Waals surface area contributed by atoms with E-state index in [0.29, 0.717) is 5.69 Å². The molecule has 0 radical (unpaired) electrons. The van der Waals surface area contributed by atoms with Crippen molar-refractivity contribution in [3.8, 4) is 5.75 Å². The Balaban J connectivity index is 1.75. The molecule has 0 atom stereocenters. The highest BCUT2D eigenvalue weighted by atomic mass is 16.6. The average Bonchev–Trinajstić information content (AvgIpc) is 2.99. The van der Waals surface area contributed by atoms with E-state index in [2.05, 4.69) is 4.99 Å². The number of furan rings is 1. The Morgan fingerprint density at radius 3 is 2.60 bits per heavy atom. The van der Waals surface area contributed by atoms with Crippen molar-refractivity contribution in [3.63, 3.8) is 0 Å². The molecule has 1 aromatic heterocycles. The van der Waals surface area contributed by atoms with Gasteiger partial charge in [-0.1, -0.05) is 30.0 Å². The van der Waals surface area contributed by atoms with Crippen molar-refractivity contribution in [2.45, 2.75) is 0 Å². The van der Waals surface area contributed by atoms with Crippen LogP contribution >= 0.6 is 0 Å². The summed E-state index contributed by atoms with van der Waals surface area (Å²) in [5.41, 5.74) is 2.20. The van der Waals surface area contributed by atoms with E-state index in [4.69, 9.17) is 4.42 Å². The molecule has 0 fully saturated rings. The second-order valence-electron chi connectivity index (χ2n) is 5.52. The van der Waals surface area contributed by atoms with Gasteiger partial charge in [-0.3, -0.25) is 15.1 Å². The molecule has 122 valence electrons. The van der Waals surface area contributed by atoms with Gasteiger partial charge in [-0.25, -0.2) is 0 Å². The third kappa shape index (κ3) is 2.70. The Morgan fingerprint density at radius 1 is 0.960 bits per heavy atom. The summed E-state index contributed by atoms with van der Waals surface area (Å²) in [7, 11) is 0. The first-order valence-electron chi connectivity index (χ1n) is 7.53. The van der Waals surface area contributed by atoms with Crippen LogP contribution in [0.1, 0.15) is 5.56 Å². The van der Waals surface area contributed by atoms with E-state index in [0.717, 1.165) is 21.9 Å². The zero-order valence-electron chi connectivity index (χ0n) is 12.9. The van der Waals surface area contributed by atoms with Crippen LogP contribution < -0.4 is 5.11 Å². The number of rotatable bonds is 3. The summed E-state index contributed by atoms with van der Waals surface area (Å²) in [5, 5.41) is 24.6. The van der Waals surface area contributed by atoms with Crippen LogP contribution in [0.5, 0.6) is 5.75 Å². The minimum Gasteiger partial charge on any atom is -0.872 e. The fraction of sp³-hybridized carbons (Fsp3) is 0. The van der Waals surface area contributed by atoms with Crippen molar-refractivity contribution in [2.75, 3.05) is 0 Å². The molecule has 0 saturated heterocycles. The highest BCUT2D eigenvalue weighted by Crippen LogP contribution is 2.31. The van der Waals surface area contributed by atoms with Gasteiger partial charge in [-0.05, 0) is 29.8 Å². The van der Waals surface area contributed by atoms with E-state index in [1.54, 1.807) is 6.07 Å². The van der Waals surface area contributed by atoms with Crippen molar-refractivity contribution in [1.29, 1.82) is 0 Å². The first-order valence-corrected chi connectivity index (χ1v) is 7.53. The van der Waals surface area contributed by atoms with Crippen LogP contribution in [-0.2, 0) is 0 Å². The lowest BCUT2D eigenvalue weighted by Gasteiger charge is -2.08. The van der Waals surface area contributed by atoms with E-state index in [-0.39, 0.29) is 17.0 Å². The fourth-order valence-electron chi connectivity index (χ4n) is 2.69. The number of fused-ring (bicyclic) bond motifs is 3. The second kappa shape index (κ2) is 5.76. The SMILES string of the molecule is O=[N+]([O-])c1ccc([O-])c(C=Nc2ccc3oc4ccccc4c3c2)c1. The number of benzene rings is 3. The van der Waals surface area contributed by atoms with Gasteiger partial charge in [0, 0.05) is 29.1 Å². The smallest absolute Gasteiger partial charge is 0.270 e. The molecule has 0 saturated carbocycles. The van der Waals surface area contributed by atoms with Gasteiger partial charge in [-0.2, -0.15) is 0 Å². The van der Waals surface area contributed by atoms with Crippen molar-refractivity contribution >= 4 is 39.5 Å². The van der Waals surface area contributed by atoms with E-state index >= 15 is 0 Å². The van der Waals surface area contributed by atoms with Gasteiger partial charge in [0.1, 0.15) is 11.2 Å². The number of para-hydroxylation sites is 1. The molecule has 0 spiro atoms. The molecule has 0 aliphatic heterocycles. The summed E-state index contributed by atoms with van der Waals surface area (Å²) < 4.78 is 5.75. The molecule has 0 aliphatic rings. The lowest BCUT2D eigenvalue weighted by atomic mass is 10.1. The van der Waals surface area contributed by atoms with Crippen LogP contribution in [0.3, 0.4) is 0 Å². The molecule has 0 bridgehead atoms. The maximum Gasteiger partial charge on any atom is 0.270 e. The maximum absolute atomic E-state index is 11.8. The molecule has 4 aromatic rings. The third-order valence-electron chi connectivity index (χ3n) is 3.92. The Hall–Kier alpha value is -3.67. The predicted octanol–water partition coefficient (Wildman–Crippen LogP) is 4.32. The van der Waals surface area contributed by atoms with Crippen LogP contribution in [0.25, 0.3) is 21.9 Å².